The fraction of sp³-hybridized carbons (Fsp3) is 0.409. The van der Waals surface area contributed by atoms with Crippen molar-refractivity contribution in [3.8, 4) is 0 Å². The van der Waals surface area contributed by atoms with E-state index in [1.807, 2.05) is 56.3 Å². The molecule has 1 unspecified atom stereocenters. The second kappa shape index (κ2) is 9.69. The summed E-state index contributed by atoms with van der Waals surface area (Å²) in [5, 5.41) is 25.9. The molecule has 0 aliphatic carbocycles. The van der Waals surface area contributed by atoms with Crippen molar-refractivity contribution in [1.29, 1.82) is 0 Å². The minimum absolute atomic E-state index is 0.0998. The van der Waals surface area contributed by atoms with Crippen LogP contribution in [-0.2, 0) is 17.8 Å². The van der Waals surface area contributed by atoms with Crippen LogP contribution >= 0.6 is 0 Å². The summed E-state index contributed by atoms with van der Waals surface area (Å²) in [6, 6.07) is 11.2. The molecule has 160 valence electrons. The Morgan fingerprint density at radius 3 is 2.50 bits per heavy atom. The first-order valence-electron chi connectivity index (χ1n) is 10.0. The van der Waals surface area contributed by atoms with Crippen LogP contribution in [0.15, 0.2) is 54.9 Å². The van der Waals surface area contributed by atoms with Crippen molar-refractivity contribution < 1.29 is 19.8 Å². The van der Waals surface area contributed by atoms with Crippen LogP contribution in [0.4, 0.5) is 4.79 Å². The van der Waals surface area contributed by atoms with Crippen molar-refractivity contribution >= 4 is 12.0 Å². The van der Waals surface area contributed by atoms with Gasteiger partial charge in [0.05, 0.1) is 18.3 Å². The molecule has 2 heterocycles. The number of carbonyl (C=O) groups is 2. The van der Waals surface area contributed by atoms with E-state index in [0.717, 1.165) is 11.1 Å². The minimum Gasteiger partial charge on any atom is -0.465 e. The molecule has 0 bridgehead atoms. The number of carboxylic acid groups (broad SMARTS) is 1. The molecule has 1 fully saturated rings. The van der Waals surface area contributed by atoms with Gasteiger partial charge < -0.3 is 20.4 Å². The Hall–Kier alpha value is -2.97. The number of carbonyl (C=O) groups excluding carboxylic acids is 1. The lowest BCUT2D eigenvalue weighted by atomic mass is 9.96. The number of nitrogens with zero attached hydrogens (tertiary/aromatic N) is 2. The number of rotatable bonds is 8. The topological polar surface area (TPSA) is 115 Å². The van der Waals surface area contributed by atoms with Gasteiger partial charge in [0.25, 0.3) is 0 Å². The molecule has 8 heteroatoms. The molecule has 8 nitrogen and oxygen atoms in total. The Bertz CT molecular complexity index is 847. The van der Waals surface area contributed by atoms with Gasteiger partial charge in [0.1, 0.15) is 6.04 Å². The van der Waals surface area contributed by atoms with Crippen molar-refractivity contribution in [3.63, 3.8) is 0 Å². The van der Waals surface area contributed by atoms with Crippen LogP contribution in [-0.4, -0.2) is 56.5 Å². The molecule has 2 amide bonds. The molecule has 4 atom stereocenters. The van der Waals surface area contributed by atoms with E-state index in [4.69, 9.17) is 0 Å². The number of amides is 2. The second-order valence-electron chi connectivity index (χ2n) is 7.90. The highest BCUT2D eigenvalue weighted by Crippen LogP contribution is 2.23. The van der Waals surface area contributed by atoms with Crippen LogP contribution in [0.3, 0.4) is 0 Å². The summed E-state index contributed by atoms with van der Waals surface area (Å²) in [6.07, 6.45) is 0.903. The summed E-state index contributed by atoms with van der Waals surface area (Å²) in [4.78, 5) is 30.3. The van der Waals surface area contributed by atoms with Gasteiger partial charge in [-0.3, -0.25) is 15.1 Å². The van der Waals surface area contributed by atoms with Gasteiger partial charge in [0.2, 0.25) is 5.91 Å². The summed E-state index contributed by atoms with van der Waals surface area (Å²) in [6.45, 7) is 4.35. The Balaban J connectivity index is 1.80. The van der Waals surface area contributed by atoms with E-state index in [2.05, 4.69) is 15.6 Å². The molecule has 0 saturated carbocycles. The Labute approximate surface area is 175 Å². The molecular formula is C22H28N4O4. The van der Waals surface area contributed by atoms with Crippen LogP contribution in [0.1, 0.15) is 25.0 Å². The summed E-state index contributed by atoms with van der Waals surface area (Å²) in [5.41, 5.74) is 1.76. The van der Waals surface area contributed by atoms with E-state index >= 15 is 0 Å². The van der Waals surface area contributed by atoms with Gasteiger partial charge in [-0.2, -0.15) is 0 Å². The third-order valence-corrected chi connectivity index (χ3v) is 5.30. The average Bonchev–Trinajstić information content (AvgIpc) is 3.05. The van der Waals surface area contributed by atoms with Crippen LogP contribution in [0.25, 0.3) is 0 Å². The van der Waals surface area contributed by atoms with E-state index in [1.165, 1.54) is 0 Å². The standard InChI is InChI=1S/C22H28N4O4/c1-14(2)20-25-18(21(28)26(20)13-16-9-6-10-23-12-16)19(27)17(24-22(29)30)11-15-7-4-3-5-8-15/h3-10,12,14,17-20,24-25,27H,11,13H2,1-2H3,(H,29,30)/t17-,18-,19+,20?/m0/s1. The Morgan fingerprint density at radius 2 is 1.90 bits per heavy atom. The van der Waals surface area contributed by atoms with Gasteiger partial charge in [-0.05, 0) is 29.5 Å². The van der Waals surface area contributed by atoms with Crippen molar-refractivity contribution in [2.75, 3.05) is 0 Å². The predicted octanol–water partition coefficient (Wildman–Crippen LogP) is 1.60. The maximum atomic E-state index is 13.2. The molecule has 1 aliphatic rings. The molecule has 3 rings (SSSR count). The monoisotopic (exact) mass is 412 g/mol. The number of hydrogen-bond acceptors (Lipinski definition) is 5. The predicted molar refractivity (Wildman–Crippen MR) is 111 cm³/mol. The maximum absolute atomic E-state index is 13.2. The highest BCUT2D eigenvalue weighted by Gasteiger charge is 2.45. The van der Waals surface area contributed by atoms with Gasteiger partial charge in [-0.25, -0.2) is 4.79 Å². The number of aliphatic hydroxyl groups is 1. The quantitative estimate of drug-likeness (QED) is 0.524. The summed E-state index contributed by atoms with van der Waals surface area (Å²) in [5.74, 6) is -0.155. The lowest BCUT2D eigenvalue weighted by molar-refractivity contribution is -0.133. The molecule has 0 radical (unpaired) electrons. The Kier molecular flexibility index (Phi) is 7.02. The number of aromatic nitrogens is 1. The first-order valence-corrected chi connectivity index (χ1v) is 10.0. The van der Waals surface area contributed by atoms with E-state index in [9.17, 15) is 19.8 Å². The molecular weight excluding hydrogens is 384 g/mol. The molecule has 4 N–H and O–H groups in total. The summed E-state index contributed by atoms with van der Waals surface area (Å²) in [7, 11) is 0. The van der Waals surface area contributed by atoms with Crippen LogP contribution in [0, 0.1) is 5.92 Å². The average molecular weight is 412 g/mol. The summed E-state index contributed by atoms with van der Waals surface area (Å²) < 4.78 is 0. The normalized spacial score (nSPS) is 20.9. The lowest BCUT2D eigenvalue weighted by Crippen LogP contribution is -2.55. The number of hydrogen-bond donors (Lipinski definition) is 4. The van der Waals surface area contributed by atoms with Crippen molar-refractivity contribution in [1.82, 2.24) is 20.5 Å². The zero-order valence-corrected chi connectivity index (χ0v) is 17.1. The van der Waals surface area contributed by atoms with Crippen LogP contribution in [0.2, 0.25) is 0 Å². The van der Waals surface area contributed by atoms with Crippen molar-refractivity contribution in [2.24, 2.45) is 5.92 Å². The SMILES string of the molecule is CC(C)C1N[C@@H]([C@H](O)[C@H](Cc2ccccc2)NC(=O)O)C(=O)N1Cc1cccnc1. The van der Waals surface area contributed by atoms with Gasteiger partial charge in [-0.1, -0.05) is 50.2 Å². The van der Waals surface area contributed by atoms with Gasteiger partial charge >= 0.3 is 6.09 Å². The smallest absolute Gasteiger partial charge is 0.404 e. The molecule has 1 aliphatic heterocycles. The number of benzene rings is 1. The number of aliphatic hydroxyl groups excluding tert-OH is 1. The zero-order valence-electron chi connectivity index (χ0n) is 17.1. The van der Waals surface area contributed by atoms with E-state index in [-0.39, 0.29) is 24.4 Å². The highest BCUT2D eigenvalue weighted by molar-refractivity contribution is 5.85. The third kappa shape index (κ3) is 5.14. The van der Waals surface area contributed by atoms with Gasteiger partial charge in [0, 0.05) is 18.9 Å². The number of nitrogens with one attached hydrogen (secondary N) is 2. The maximum Gasteiger partial charge on any atom is 0.404 e. The fourth-order valence-electron chi connectivity index (χ4n) is 3.84. The highest BCUT2D eigenvalue weighted by atomic mass is 16.4. The molecule has 30 heavy (non-hydrogen) atoms. The first kappa shape index (κ1) is 21.7. The van der Waals surface area contributed by atoms with E-state index in [1.54, 1.807) is 17.3 Å². The van der Waals surface area contributed by atoms with Gasteiger partial charge in [0.15, 0.2) is 0 Å². The molecule has 1 aromatic carbocycles. The van der Waals surface area contributed by atoms with Crippen LogP contribution < -0.4 is 10.6 Å². The second-order valence-corrected chi connectivity index (χ2v) is 7.90. The zero-order chi connectivity index (χ0) is 21.7. The molecule has 1 saturated heterocycles. The molecule has 2 aromatic rings. The largest absolute Gasteiger partial charge is 0.465 e. The summed E-state index contributed by atoms with van der Waals surface area (Å²) >= 11 is 0. The first-order chi connectivity index (χ1) is 14.4. The Morgan fingerprint density at radius 1 is 1.20 bits per heavy atom. The number of pyridine rings is 1. The molecule has 1 aromatic heterocycles. The third-order valence-electron chi connectivity index (χ3n) is 5.30. The van der Waals surface area contributed by atoms with Crippen molar-refractivity contribution in [2.45, 2.75) is 51.2 Å². The lowest BCUT2D eigenvalue weighted by Gasteiger charge is -2.27. The van der Waals surface area contributed by atoms with E-state index in [0.29, 0.717) is 6.54 Å². The van der Waals surface area contributed by atoms with E-state index < -0.39 is 24.3 Å². The van der Waals surface area contributed by atoms with Crippen LogP contribution in [0.5, 0.6) is 0 Å². The molecule has 0 spiro atoms. The van der Waals surface area contributed by atoms with Gasteiger partial charge in [-0.15, -0.1) is 0 Å². The fourth-order valence-corrected chi connectivity index (χ4v) is 3.84. The van der Waals surface area contributed by atoms with Crippen molar-refractivity contribution in [3.05, 3.63) is 66.0 Å². The minimum atomic E-state index is -1.24.